The lowest BCUT2D eigenvalue weighted by Gasteiger charge is -2.08. The van der Waals surface area contributed by atoms with E-state index >= 15 is 0 Å². The Bertz CT molecular complexity index is 1190. The summed E-state index contributed by atoms with van der Waals surface area (Å²) in [5, 5.41) is 5.64. The molecular formula is C22H17NO4. The summed E-state index contributed by atoms with van der Waals surface area (Å²) in [7, 11) is 1.30. The van der Waals surface area contributed by atoms with E-state index in [4.69, 9.17) is 9.15 Å². The number of ether oxygens (including phenoxy) is 1. The fraction of sp³-hybridized carbons (Fsp3) is 0.0909. The molecule has 4 aromatic rings. The summed E-state index contributed by atoms with van der Waals surface area (Å²) in [6, 6.07) is 18.5. The van der Waals surface area contributed by atoms with Gasteiger partial charge in [-0.1, -0.05) is 48.5 Å². The Morgan fingerprint density at radius 1 is 0.926 bits per heavy atom. The molecule has 27 heavy (non-hydrogen) atoms. The quantitative estimate of drug-likeness (QED) is 0.527. The first-order valence-corrected chi connectivity index (χ1v) is 8.49. The Labute approximate surface area is 155 Å². The van der Waals surface area contributed by atoms with Crippen molar-refractivity contribution >= 4 is 39.3 Å². The topological polar surface area (TPSA) is 68.5 Å². The van der Waals surface area contributed by atoms with Gasteiger partial charge in [0.05, 0.1) is 18.4 Å². The molecule has 0 atom stereocenters. The zero-order valence-corrected chi connectivity index (χ0v) is 14.9. The number of para-hydroxylation sites is 1. The molecule has 3 aromatic carbocycles. The molecular weight excluding hydrogens is 342 g/mol. The van der Waals surface area contributed by atoms with Gasteiger partial charge in [0, 0.05) is 16.3 Å². The summed E-state index contributed by atoms with van der Waals surface area (Å²) in [6.07, 6.45) is 0. The minimum absolute atomic E-state index is 0.223. The number of carbonyl (C=O) groups excluding carboxylic acids is 2. The summed E-state index contributed by atoms with van der Waals surface area (Å²) >= 11 is 0. The van der Waals surface area contributed by atoms with E-state index in [2.05, 4.69) is 5.32 Å². The molecule has 0 aliphatic heterocycles. The van der Waals surface area contributed by atoms with Crippen LogP contribution < -0.4 is 5.32 Å². The van der Waals surface area contributed by atoms with Gasteiger partial charge in [-0.05, 0) is 24.4 Å². The highest BCUT2D eigenvalue weighted by Crippen LogP contribution is 2.32. The van der Waals surface area contributed by atoms with Crippen molar-refractivity contribution in [2.45, 2.75) is 6.92 Å². The number of esters is 1. The number of rotatable bonds is 3. The van der Waals surface area contributed by atoms with Crippen molar-refractivity contribution in [2.75, 3.05) is 12.4 Å². The molecule has 0 aliphatic rings. The van der Waals surface area contributed by atoms with Gasteiger partial charge in [-0.25, -0.2) is 4.79 Å². The average molecular weight is 359 g/mol. The Morgan fingerprint density at radius 2 is 1.67 bits per heavy atom. The van der Waals surface area contributed by atoms with Crippen molar-refractivity contribution in [2.24, 2.45) is 0 Å². The highest BCUT2D eigenvalue weighted by Gasteiger charge is 2.21. The maximum atomic E-state index is 12.8. The SMILES string of the molecule is COC(=O)c1ccccc1NC(=O)c1oc2c(ccc3ccccc32)c1C. The molecule has 5 nitrogen and oxygen atoms in total. The van der Waals surface area contributed by atoms with E-state index in [1.54, 1.807) is 24.3 Å². The van der Waals surface area contributed by atoms with Crippen molar-refractivity contribution in [3.8, 4) is 0 Å². The molecule has 0 saturated heterocycles. The van der Waals surface area contributed by atoms with Gasteiger partial charge in [-0.15, -0.1) is 0 Å². The predicted octanol–water partition coefficient (Wildman–Crippen LogP) is 4.93. The molecule has 0 bridgehead atoms. The van der Waals surface area contributed by atoms with Gasteiger partial charge >= 0.3 is 5.97 Å². The molecule has 134 valence electrons. The first-order chi connectivity index (χ1) is 13.1. The maximum absolute atomic E-state index is 12.8. The first-order valence-electron chi connectivity index (χ1n) is 8.49. The van der Waals surface area contributed by atoms with Crippen LogP contribution in [0.15, 0.2) is 65.1 Å². The van der Waals surface area contributed by atoms with Gasteiger partial charge in [0.2, 0.25) is 0 Å². The third-order valence-electron chi connectivity index (χ3n) is 4.62. The summed E-state index contributed by atoms with van der Waals surface area (Å²) in [5.41, 5.74) is 2.09. The van der Waals surface area contributed by atoms with Crippen molar-refractivity contribution in [3.05, 3.63) is 77.6 Å². The molecule has 5 heteroatoms. The molecule has 1 heterocycles. The molecule has 1 N–H and O–H groups in total. The Balaban J connectivity index is 1.77. The van der Waals surface area contributed by atoms with Crippen LogP contribution in [0, 0.1) is 6.92 Å². The van der Waals surface area contributed by atoms with Gasteiger partial charge in [0.25, 0.3) is 5.91 Å². The van der Waals surface area contributed by atoms with E-state index in [-0.39, 0.29) is 11.3 Å². The number of furan rings is 1. The molecule has 1 aromatic heterocycles. The highest BCUT2D eigenvalue weighted by atomic mass is 16.5. The number of benzene rings is 3. The minimum Gasteiger partial charge on any atom is -0.465 e. The summed E-state index contributed by atoms with van der Waals surface area (Å²) in [4.78, 5) is 24.8. The second-order valence-corrected chi connectivity index (χ2v) is 6.21. The van der Waals surface area contributed by atoms with Crippen LogP contribution in [-0.2, 0) is 4.74 Å². The standard InChI is InChI=1S/C22H17NO4/c1-13-15-12-11-14-7-3-4-8-16(14)20(15)27-19(13)21(24)23-18-10-6-5-9-17(18)22(25)26-2/h3-12H,1-2H3,(H,23,24). The lowest BCUT2D eigenvalue weighted by Crippen LogP contribution is -2.15. The summed E-state index contributed by atoms with van der Waals surface area (Å²) < 4.78 is 10.7. The van der Waals surface area contributed by atoms with Crippen LogP contribution in [0.3, 0.4) is 0 Å². The second kappa shape index (κ2) is 6.61. The van der Waals surface area contributed by atoms with Crippen molar-refractivity contribution in [1.29, 1.82) is 0 Å². The third-order valence-corrected chi connectivity index (χ3v) is 4.62. The van der Waals surface area contributed by atoms with E-state index in [0.29, 0.717) is 11.3 Å². The second-order valence-electron chi connectivity index (χ2n) is 6.21. The molecule has 4 rings (SSSR count). The van der Waals surface area contributed by atoms with Crippen LogP contribution >= 0.6 is 0 Å². The van der Waals surface area contributed by atoms with Crippen LogP contribution in [-0.4, -0.2) is 19.0 Å². The summed E-state index contributed by atoms with van der Waals surface area (Å²) in [5.74, 6) is -0.705. The lowest BCUT2D eigenvalue weighted by atomic mass is 10.1. The number of aryl methyl sites for hydroxylation is 1. The van der Waals surface area contributed by atoms with E-state index in [1.165, 1.54) is 7.11 Å². The van der Waals surface area contributed by atoms with Crippen LogP contribution in [0.5, 0.6) is 0 Å². The number of methoxy groups -OCH3 is 1. The Hall–Kier alpha value is -3.60. The zero-order chi connectivity index (χ0) is 19.0. The number of fused-ring (bicyclic) bond motifs is 3. The fourth-order valence-electron chi connectivity index (χ4n) is 3.22. The summed E-state index contributed by atoms with van der Waals surface area (Å²) in [6.45, 7) is 1.85. The lowest BCUT2D eigenvalue weighted by molar-refractivity contribution is 0.0602. The van der Waals surface area contributed by atoms with E-state index in [9.17, 15) is 9.59 Å². The minimum atomic E-state index is -0.516. The average Bonchev–Trinajstić information content (AvgIpc) is 3.05. The largest absolute Gasteiger partial charge is 0.465 e. The number of carbonyl (C=O) groups is 2. The zero-order valence-electron chi connectivity index (χ0n) is 14.9. The molecule has 0 fully saturated rings. The Morgan fingerprint density at radius 3 is 2.48 bits per heavy atom. The number of nitrogens with one attached hydrogen (secondary N) is 1. The van der Waals surface area contributed by atoms with E-state index < -0.39 is 11.9 Å². The maximum Gasteiger partial charge on any atom is 0.339 e. The van der Waals surface area contributed by atoms with Gasteiger partial charge in [0.15, 0.2) is 5.76 Å². The van der Waals surface area contributed by atoms with Gasteiger partial charge in [-0.3, -0.25) is 4.79 Å². The smallest absolute Gasteiger partial charge is 0.339 e. The first kappa shape index (κ1) is 16.8. The number of amides is 1. The van der Waals surface area contributed by atoms with Gasteiger partial charge < -0.3 is 14.5 Å². The fourth-order valence-corrected chi connectivity index (χ4v) is 3.22. The van der Waals surface area contributed by atoms with Gasteiger partial charge in [0.1, 0.15) is 5.58 Å². The number of hydrogen-bond donors (Lipinski definition) is 1. The van der Waals surface area contributed by atoms with Crippen LogP contribution in [0.4, 0.5) is 5.69 Å². The molecule has 0 radical (unpaired) electrons. The monoisotopic (exact) mass is 359 g/mol. The van der Waals surface area contributed by atoms with Crippen LogP contribution in [0.25, 0.3) is 21.7 Å². The molecule has 0 unspecified atom stereocenters. The third kappa shape index (κ3) is 2.83. The van der Waals surface area contributed by atoms with E-state index in [0.717, 1.165) is 21.7 Å². The highest BCUT2D eigenvalue weighted by molar-refractivity contribution is 6.12. The molecule has 0 spiro atoms. The normalized spacial score (nSPS) is 10.9. The number of hydrogen-bond acceptors (Lipinski definition) is 4. The predicted molar refractivity (Wildman–Crippen MR) is 104 cm³/mol. The van der Waals surface area contributed by atoms with Crippen molar-refractivity contribution in [1.82, 2.24) is 0 Å². The van der Waals surface area contributed by atoms with Crippen LogP contribution in [0.2, 0.25) is 0 Å². The molecule has 1 amide bonds. The molecule has 0 saturated carbocycles. The molecule has 0 aliphatic carbocycles. The number of anilines is 1. The van der Waals surface area contributed by atoms with Gasteiger partial charge in [-0.2, -0.15) is 0 Å². The van der Waals surface area contributed by atoms with E-state index in [1.807, 2.05) is 43.3 Å². The van der Waals surface area contributed by atoms with Crippen molar-refractivity contribution < 1.29 is 18.7 Å². The van der Waals surface area contributed by atoms with Crippen LogP contribution in [0.1, 0.15) is 26.5 Å². The van der Waals surface area contributed by atoms with Crippen molar-refractivity contribution in [3.63, 3.8) is 0 Å². The Kier molecular flexibility index (Phi) is 4.12.